The van der Waals surface area contributed by atoms with Crippen LogP contribution in [0.2, 0.25) is 0 Å². The Bertz CT molecular complexity index is 791. The van der Waals surface area contributed by atoms with Crippen LogP contribution in [0.15, 0.2) is 48.5 Å². The number of halogens is 1. The van der Waals surface area contributed by atoms with E-state index in [0.29, 0.717) is 5.69 Å². The molecule has 0 radical (unpaired) electrons. The Morgan fingerprint density at radius 3 is 1.78 bits per heavy atom. The van der Waals surface area contributed by atoms with Gasteiger partial charge in [0.2, 0.25) is 0 Å². The Hall–Kier alpha value is -1.83. The SMILES string of the molecule is CC1(C)OB(c2ccc(NC(=O)Nc3ccc(CBr)cc3)cc2)OC1(C)C. The minimum Gasteiger partial charge on any atom is -0.399 e. The lowest BCUT2D eigenvalue weighted by Gasteiger charge is -2.32. The van der Waals surface area contributed by atoms with Crippen molar-refractivity contribution >= 4 is 45.9 Å². The Morgan fingerprint density at radius 2 is 1.33 bits per heavy atom. The smallest absolute Gasteiger partial charge is 0.399 e. The summed E-state index contributed by atoms with van der Waals surface area (Å²) in [5.74, 6) is 0. The van der Waals surface area contributed by atoms with Gasteiger partial charge in [-0.25, -0.2) is 4.79 Å². The van der Waals surface area contributed by atoms with Crippen molar-refractivity contribution in [2.45, 2.75) is 44.2 Å². The fraction of sp³-hybridized carbons (Fsp3) is 0.350. The molecule has 142 valence electrons. The van der Waals surface area contributed by atoms with E-state index in [1.165, 1.54) is 0 Å². The molecule has 0 unspecified atom stereocenters. The number of anilines is 2. The molecule has 0 aliphatic carbocycles. The highest BCUT2D eigenvalue weighted by Gasteiger charge is 2.51. The summed E-state index contributed by atoms with van der Waals surface area (Å²) in [6.45, 7) is 8.10. The first kappa shape index (κ1) is 19.9. The van der Waals surface area contributed by atoms with Gasteiger partial charge in [-0.2, -0.15) is 0 Å². The highest BCUT2D eigenvalue weighted by atomic mass is 79.9. The Morgan fingerprint density at radius 1 is 0.889 bits per heavy atom. The van der Waals surface area contributed by atoms with Crippen LogP contribution >= 0.6 is 15.9 Å². The second-order valence-corrected chi connectivity index (χ2v) is 8.18. The lowest BCUT2D eigenvalue weighted by Crippen LogP contribution is -2.41. The van der Waals surface area contributed by atoms with Crippen LogP contribution in [0.4, 0.5) is 16.2 Å². The molecule has 2 aromatic rings. The molecule has 0 spiro atoms. The molecule has 1 aliphatic rings. The third-order valence-electron chi connectivity index (χ3n) is 5.06. The summed E-state index contributed by atoms with van der Waals surface area (Å²) in [7, 11) is -0.411. The lowest BCUT2D eigenvalue weighted by atomic mass is 9.79. The summed E-state index contributed by atoms with van der Waals surface area (Å²) in [5.41, 5.74) is 2.76. The fourth-order valence-corrected chi connectivity index (χ4v) is 3.05. The fourth-order valence-electron chi connectivity index (χ4n) is 2.67. The summed E-state index contributed by atoms with van der Waals surface area (Å²) in [6, 6.07) is 14.9. The molecule has 0 atom stereocenters. The van der Waals surface area contributed by atoms with Gasteiger partial charge in [0.25, 0.3) is 0 Å². The van der Waals surface area contributed by atoms with E-state index in [9.17, 15) is 4.79 Å². The first-order valence-electron chi connectivity index (χ1n) is 8.89. The second kappa shape index (κ2) is 7.66. The minimum absolute atomic E-state index is 0.287. The van der Waals surface area contributed by atoms with Crippen molar-refractivity contribution in [1.29, 1.82) is 0 Å². The zero-order chi connectivity index (χ0) is 19.7. The van der Waals surface area contributed by atoms with E-state index in [2.05, 4.69) is 26.6 Å². The van der Waals surface area contributed by atoms with E-state index in [-0.39, 0.29) is 17.2 Å². The van der Waals surface area contributed by atoms with E-state index < -0.39 is 7.12 Å². The molecule has 7 heteroatoms. The van der Waals surface area contributed by atoms with E-state index in [1.54, 1.807) is 0 Å². The maximum atomic E-state index is 12.2. The maximum absolute atomic E-state index is 12.2. The third-order valence-corrected chi connectivity index (χ3v) is 5.71. The van der Waals surface area contributed by atoms with Crippen molar-refractivity contribution < 1.29 is 14.1 Å². The predicted molar refractivity (Wildman–Crippen MR) is 114 cm³/mol. The van der Waals surface area contributed by atoms with Crippen LogP contribution in [0.3, 0.4) is 0 Å². The average molecular weight is 431 g/mol. The number of carbonyl (C=O) groups is 1. The molecule has 0 saturated carbocycles. The Balaban J connectivity index is 1.60. The summed E-state index contributed by atoms with van der Waals surface area (Å²) < 4.78 is 12.1. The van der Waals surface area contributed by atoms with Crippen molar-refractivity contribution in [1.82, 2.24) is 0 Å². The summed E-state index contributed by atoms with van der Waals surface area (Å²) in [4.78, 5) is 12.2. The van der Waals surface area contributed by atoms with Gasteiger partial charge in [0.1, 0.15) is 0 Å². The van der Waals surface area contributed by atoms with Crippen molar-refractivity contribution in [3.8, 4) is 0 Å². The molecule has 1 saturated heterocycles. The standard InChI is InChI=1S/C20H24BBrN2O3/c1-19(2)20(3,4)27-21(26-19)15-7-11-17(12-8-15)24-18(25)23-16-9-5-14(13-22)6-10-16/h5-12H,13H2,1-4H3,(H2,23,24,25). The minimum atomic E-state index is -0.411. The van der Waals surface area contributed by atoms with Crippen molar-refractivity contribution in [2.75, 3.05) is 10.6 Å². The van der Waals surface area contributed by atoms with Gasteiger partial charge in [0.05, 0.1) is 11.2 Å². The topological polar surface area (TPSA) is 59.6 Å². The number of rotatable bonds is 4. The number of alkyl halides is 1. The molecule has 5 nitrogen and oxygen atoms in total. The van der Waals surface area contributed by atoms with Crippen LogP contribution in [0, 0.1) is 0 Å². The van der Waals surface area contributed by atoms with E-state index in [0.717, 1.165) is 22.0 Å². The van der Waals surface area contributed by atoms with Crippen LogP contribution in [0.5, 0.6) is 0 Å². The summed E-state index contributed by atoms with van der Waals surface area (Å²) >= 11 is 3.40. The number of urea groups is 1. The summed E-state index contributed by atoms with van der Waals surface area (Å²) in [5, 5.41) is 6.43. The Labute approximate surface area is 169 Å². The zero-order valence-electron chi connectivity index (χ0n) is 16.0. The van der Waals surface area contributed by atoms with Gasteiger partial charge in [-0.1, -0.05) is 40.2 Å². The normalized spacial score (nSPS) is 17.6. The second-order valence-electron chi connectivity index (χ2n) is 7.62. The van der Waals surface area contributed by atoms with Gasteiger partial charge in [-0.3, -0.25) is 0 Å². The third kappa shape index (κ3) is 4.54. The van der Waals surface area contributed by atoms with Crippen molar-refractivity contribution in [2.24, 2.45) is 0 Å². The number of hydrogen-bond donors (Lipinski definition) is 2. The molecule has 2 aromatic carbocycles. The molecule has 27 heavy (non-hydrogen) atoms. The van der Waals surface area contributed by atoms with Crippen molar-refractivity contribution in [3.63, 3.8) is 0 Å². The number of carbonyl (C=O) groups excluding carboxylic acids is 1. The number of benzene rings is 2. The zero-order valence-corrected chi connectivity index (χ0v) is 17.6. The molecule has 3 rings (SSSR count). The number of nitrogens with one attached hydrogen (secondary N) is 2. The van der Waals surface area contributed by atoms with Gasteiger partial charge in [-0.15, -0.1) is 0 Å². The lowest BCUT2D eigenvalue weighted by molar-refractivity contribution is 0.00578. The molecule has 0 bridgehead atoms. The van der Waals surface area contributed by atoms with Crippen molar-refractivity contribution in [3.05, 3.63) is 54.1 Å². The summed E-state index contributed by atoms with van der Waals surface area (Å²) in [6.07, 6.45) is 0. The first-order valence-corrected chi connectivity index (χ1v) is 10.0. The van der Waals surface area contributed by atoms with Crippen LogP contribution < -0.4 is 16.1 Å². The Kier molecular flexibility index (Phi) is 5.65. The largest absolute Gasteiger partial charge is 0.494 e. The highest BCUT2D eigenvalue weighted by molar-refractivity contribution is 9.08. The molecular weight excluding hydrogens is 407 g/mol. The monoisotopic (exact) mass is 430 g/mol. The van der Waals surface area contributed by atoms with Crippen LogP contribution in [0.25, 0.3) is 0 Å². The molecular formula is C20H24BBrN2O3. The van der Waals surface area contributed by atoms with Gasteiger partial charge in [0, 0.05) is 16.7 Å². The van der Waals surface area contributed by atoms with Gasteiger partial charge < -0.3 is 19.9 Å². The average Bonchev–Trinajstić information content (AvgIpc) is 2.84. The number of hydrogen-bond acceptors (Lipinski definition) is 3. The molecule has 1 fully saturated rings. The quantitative estimate of drug-likeness (QED) is 0.553. The maximum Gasteiger partial charge on any atom is 0.494 e. The predicted octanol–water partition coefficient (Wildman–Crippen LogP) is 4.52. The van der Waals surface area contributed by atoms with Gasteiger partial charge in [0.15, 0.2) is 0 Å². The molecule has 1 heterocycles. The molecule has 0 aromatic heterocycles. The molecule has 1 aliphatic heterocycles. The van der Waals surface area contributed by atoms with E-state index >= 15 is 0 Å². The highest BCUT2D eigenvalue weighted by Crippen LogP contribution is 2.36. The first-order chi connectivity index (χ1) is 12.7. The number of amides is 2. The van der Waals surface area contributed by atoms with Gasteiger partial charge in [-0.05, 0) is 63.0 Å². The van der Waals surface area contributed by atoms with Gasteiger partial charge >= 0.3 is 13.1 Å². The molecule has 2 amide bonds. The van der Waals surface area contributed by atoms with Crippen LogP contribution in [-0.4, -0.2) is 24.4 Å². The molecule has 2 N–H and O–H groups in total. The van der Waals surface area contributed by atoms with E-state index in [1.807, 2.05) is 76.2 Å². The van der Waals surface area contributed by atoms with E-state index in [4.69, 9.17) is 9.31 Å². The van der Waals surface area contributed by atoms with Crippen LogP contribution in [-0.2, 0) is 14.6 Å². The van der Waals surface area contributed by atoms with Crippen LogP contribution in [0.1, 0.15) is 33.3 Å².